The van der Waals surface area contributed by atoms with Gasteiger partial charge in [-0.05, 0) is 6.92 Å². The lowest BCUT2D eigenvalue weighted by atomic mass is 10.3. The average molecular weight is 205 g/mol. The van der Waals surface area contributed by atoms with Gasteiger partial charge >= 0.3 is 5.97 Å². The van der Waals surface area contributed by atoms with Crippen LogP contribution in [-0.4, -0.2) is 29.1 Å². The van der Waals surface area contributed by atoms with E-state index >= 15 is 0 Å². The summed E-state index contributed by atoms with van der Waals surface area (Å²) in [4.78, 5) is 19.0. The summed E-state index contributed by atoms with van der Waals surface area (Å²) < 4.78 is 4.51. The third-order valence-corrected chi connectivity index (χ3v) is 1.64. The van der Waals surface area contributed by atoms with Gasteiger partial charge in [-0.15, -0.1) is 6.42 Å². The second-order valence-electron chi connectivity index (χ2n) is 2.81. The van der Waals surface area contributed by atoms with Gasteiger partial charge in [0.25, 0.3) is 0 Å². The van der Waals surface area contributed by atoms with Gasteiger partial charge in [-0.2, -0.15) is 0 Å². The van der Waals surface area contributed by atoms with Gasteiger partial charge in [-0.25, -0.2) is 9.78 Å². The number of hydrogen-bond acceptors (Lipinski definition) is 5. The van der Waals surface area contributed by atoms with Gasteiger partial charge in [0.1, 0.15) is 5.82 Å². The van der Waals surface area contributed by atoms with Gasteiger partial charge in [0.05, 0.1) is 25.5 Å². The summed E-state index contributed by atoms with van der Waals surface area (Å²) in [6.45, 7) is 1.80. The molecule has 0 saturated heterocycles. The topological polar surface area (TPSA) is 64.1 Å². The standard InChI is InChI=1S/C10H11N3O2/c1-4-7(2)12-9-6-11-5-8(13-9)10(14)15-3/h1,5-7H,2-3H3,(H,12,13). The molecule has 0 aliphatic rings. The fraction of sp³-hybridized carbons (Fsp3) is 0.300. The van der Waals surface area contributed by atoms with Crippen molar-refractivity contribution in [1.29, 1.82) is 0 Å². The van der Waals surface area contributed by atoms with Crippen LogP contribution in [0.4, 0.5) is 5.82 Å². The summed E-state index contributed by atoms with van der Waals surface area (Å²) in [7, 11) is 1.29. The number of methoxy groups -OCH3 is 1. The van der Waals surface area contributed by atoms with Crippen molar-refractivity contribution in [2.24, 2.45) is 0 Å². The molecule has 5 heteroatoms. The Hall–Kier alpha value is -2.09. The number of esters is 1. The van der Waals surface area contributed by atoms with E-state index in [2.05, 4.69) is 25.9 Å². The monoisotopic (exact) mass is 205 g/mol. The molecule has 1 aromatic rings. The van der Waals surface area contributed by atoms with Gasteiger partial charge < -0.3 is 10.1 Å². The Kier molecular flexibility index (Phi) is 3.63. The smallest absolute Gasteiger partial charge is 0.358 e. The molecule has 15 heavy (non-hydrogen) atoms. The number of aromatic nitrogens is 2. The SMILES string of the molecule is C#CC(C)Nc1cncc(C(=O)OC)n1. The summed E-state index contributed by atoms with van der Waals surface area (Å²) >= 11 is 0. The van der Waals surface area contributed by atoms with Crippen molar-refractivity contribution in [3.8, 4) is 12.3 Å². The molecule has 0 aliphatic heterocycles. The first-order valence-corrected chi connectivity index (χ1v) is 4.30. The van der Waals surface area contributed by atoms with Crippen LogP contribution in [0.5, 0.6) is 0 Å². The molecule has 0 spiro atoms. The number of anilines is 1. The number of carbonyl (C=O) groups excluding carboxylic acids is 1. The molecular formula is C10H11N3O2. The van der Waals surface area contributed by atoms with E-state index in [1.54, 1.807) is 6.92 Å². The number of hydrogen-bond donors (Lipinski definition) is 1. The summed E-state index contributed by atoms with van der Waals surface area (Å²) in [6, 6.07) is -0.174. The number of nitrogens with one attached hydrogen (secondary N) is 1. The van der Waals surface area contributed by atoms with Crippen LogP contribution < -0.4 is 5.32 Å². The van der Waals surface area contributed by atoms with Crippen molar-refractivity contribution in [2.75, 3.05) is 12.4 Å². The van der Waals surface area contributed by atoms with Crippen LogP contribution in [0, 0.1) is 12.3 Å². The molecule has 0 saturated carbocycles. The van der Waals surface area contributed by atoms with E-state index in [1.165, 1.54) is 19.5 Å². The molecule has 1 rings (SSSR count). The predicted octanol–water partition coefficient (Wildman–Crippen LogP) is 0.697. The van der Waals surface area contributed by atoms with Gasteiger partial charge in [0, 0.05) is 0 Å². The maximum atomic E-state index is 11.1. The van der Waals surface area contributed by atoms with E-state index < -0.39 is 5.97 Å². The van der Waals surface area contributed by atoms with E-state index in [-0.39, 0.29) is 11.7 Å². The van der Waals surface area contributed by atoms with Crippen LogP contribution >= 0.6 is 0 Å². The van der Waals surface area contributed by atoms with Crippen LogP contribution in [0.15, 0.2) is 12.4 Å². The van der Waals surface area contributed by atoms with Crippen molar-refractivity contribution in [3.63, 3.8) is 0 Å². The highest BCUT2D eigenvalue weighted by Gasteiger charge is 2.08. The molecule has 0 aliphatic carbocycles. The highest BCUT2D eigenvalue weighted by atomic mass is 16.5. The van der Waals surface area contributed by atoms with Crippen molar-refractivity contribution in [1.82, 2.24) is 9.97 Å². The van der Waals surface area contributed by atoms with Gasteiger partial charge in [0.15, 0.2) is 5.69 Å². The molecule has 1 atom stereocenters. The highest BCUT2D eigenvalue weighted by Crippen LogP contribution is 2.04. The summed E-state index contributed by atoms with van der Waals surface area (Å²) in [5, 5.41) is 2.89. The number of terminal acetylenes is 1. The van der Waals surface area contributed by atoms with Crippen LogP contribution in [-0.2, 0) is 4.74 Å². The lowest BCUT2D eigenvalue weighted by Gasteiger charge is -2.08. The predicted molar refractivity (Wildman–Crippen MR) is 55.3 cm³/mol. The largest absolute Gasteiger partial charge is 0.464 e. The maximum Gasteiger partial charge on any atom is 0.358 e. The number of ether oxygens (including phenoxy) is 1. The quantitative estimate of drug-likeness (QED) is 0.581. The second-order valence-corrected chi connectivity index (χ2v) is 2.81. The lowest BCUT2D eigenvalue weighted by molar-refractivity contribution is 0.0593. The Morgan fingerprint density at radius 2 is 2.40 bits per heavy atom. The zero-order valence-corrected chi connectivity index (χ0v) is 8.52. The summed E-state index contributed by atoms with van der Waals surface area (Å²) in [6.07, 6.45) is 8.01. The lowest BCUT2D eigenvalue weighted by Crippen LogP contribution is -2.15. The Balaban J connectivity index is 2.84. The van der Waals surface area contributed by atoms with E-state index in [0.29, 0.717) is 5.82 Å². The van der Waals surface area contributed by atoms with E-state index in [0.717, 1.165) is 0 Å². The van der Waals surface area contributed by atoms with E-state index in [4.69, 9.17) is 6.42 Å². The fourth-order valence-corrected chi connectivity index (χ4v) is 0.902. The average Bonchev–Trinajstić information content (AvgIpc) is 2.28. The molecular weight excluding hydrogens is 194 g/mol. The molecule has 0 fully saturated rings. The molecule has 0 radical (unpaired) electrons. The van der Waals surface area contributed by atoms with Crippen LogP contribution in [0.2, 0.25) is 0 Å². The normalized spacial score (nSPS) is 11.3. The van der Waals surface area contributed by atoms with Crippen molar-refractivity contribution in [2.45, 2.75) is 13.0 Å². The Bertz CT molecular complexity index is 398. The van der Waals surface area contributed by atoms with Gasteiger partial charge in [-0.3, -0.25) is 4.98 Å². The Morgan fingerprint density at radius 3 is 3.00 bits per heavy atom. The minimum atomic E-state index is -0.528. The molecule has 1 unspecified atom stereocenters. The van der Waals surface area contributed by atoms with Crippen molar-refractivity contribution in [3.05, 3.63) is 18.1 Å². The van der Waals surface area contributed by atoms with Crippen LogP contribution in [0.25, 0.3) is 0 Å². The van der Waals surface area contributed by atoms with Gasteiger partial charge in [0.2, 0.25) is 0 Å². The zero-order chi connectivity index (χ0) is 11.3. The first-order chi connectivity index (χ1) is 7.17. The van der Waals surface area contributed by atoms with Crippen molar-refractivity contribution >= 4 is 11.8 Å². The van der Waals surface area contributed by atoms with Crippen LogP contribution in [0.1, 0.15) is 17.4 Å². The molecule has 1 aromatic heterocycles. The third kappa shape index (κ3) is 2.95. The number of carbonyl (C=O) groups is 1. The first kappa shape index (κ1) is 11.0. The van der Waals surface area contributed by atoms with Gasteiger partial charge in [-0.1, -0.05) is 5.92 Å². The summed E-state index contributed by atoms with van der Waals surface area (Å²) in [5.74, 6) is 2.40. The third-order valence-electron chi connectivity index (χ3n) is 1.64. The highest BCUT2D eigenvalue weighted by molar-refractivity contribution is 5.87. The zero-order valence-electron chi connectivity index (χ0n) is 8.52. The fourth-order valence-electron chi connectivity index (χ4n) is 0.902. The molecule has 1 N–H and O–H groups in total. The molecule has 0 bridgehead atoms. The minimum absolute atomic E-state index is 0.145. The second kappa shape index (κ2) is 4.96. The molecule has 78 valence electrons. The first-order valence-electron chi connectivity index (χ1n) is 4.30. The molecule has 0 amide bonds. The van der Waals surface area contributed by atoms with Crippen LogP contribution in [0.3, 0.4) is 0 Å². The number of nitrogens with zero attached hydrogens (tertiary/aromatic N) is 2. The maximum absolute atomic E-state index is 11.1. The van der Waals surface area contributed by atoms with E-state index in [1.807, 2.05) is 0 Å². The molecule has 5 nitrogen and oxygen atoms in total. The van der Waals surface area contributed by atoms with E-state index in [9.17, 15) is 4.79 Å². The molecule has 0 aromatic carbocycles. The summed E-state index contributed by atoms with van der Waals surface area (Å²) in [5.41, 5.74) is 0.145. The minimum Gasteiger partial charge on any atom is -0.464 e. The number of rotatable bonds is 3. The Labute approximate surface area is 87.9 Å². The molecule has 1 heterocycles. The van der Waals surface area contributed by atoms with Crippen molar-refractivity contribution < 1.29 is 9.53 Å². The Morgan fingerprint density at radius 1 is 1.67 bits per heavy atom.